The molecule has 96 valence electrons. The zero-order chi connectivity index (χ0) is 13.3. The maximum Gasteiger partial charge on any atom is 0.268 e. The minimum atomic E-state index is -0.130. The van der Waals surface area contributed by atoms with Gasteiger partial charge in [-0.1, -0.05) is 13.8 Å². The van der Waals surface area contributed by atoms with Gasteiger partial charge in [-0.2, -0.15) is 5.26 Å². The highest BCUT2D eigenvalue weighted by Crippen LogP contribution is 2.18. The summed E-state index contributed by atoms with van der Waals surface area (Å²) >= 11 is 0. The molecule has 0 saturated carbocycles. The van der Waals surface area contributed by atoms with E-state index >= 15 is 0 Å². The molecular weight excluding hydrogens is 226 g/mol. The molecule has 0 amide bonds. The number of nitriles is 1. The summed E-state index contributed by atoms with van der Waals surface area (Å²) in [6, 6.07) is 3.79. The largest absolute Gasteiger partial charge is 0.311 e. The lowest BCUT2D eigenvalue weighted by Gasteiger charge is -2.28. The summed E-state index contributed by atoms with van der Waals surface area (Å²) in [6.45, 7) is 6.67. The quantitative estimate of drug-likeness (QED) is 0.790. The van der Waals surface area contributed by atoms with Gasteiger partial charge in [0.2, 0.25) is 0 Å². The molecule has 0 unspecified atom stereocenters. The van der Waals surface area contributed by atoms with Crippen LogP contribution >= 0.6 is 0 Å². The monoisotopic (exact) mass is 245 g/mol. The molecule has 0 spiro atoms. The predicted molar refractivity (Wildman–Crippen MR) is 70.3 cm³/mol. The third-order valence-corrected chi connectivity index (χ3v) is 3.33. The fraction of sp³-hybridized carbons (Fsp3) is 0.571. The average Bonchev–Trinajstić information content (AvgIpc) is 2.31. The number of nitrogens with zero attached hydrogens (tertiary/aromatic N) is 3. The number of hydrogen-bond donors (Lipinski definition) is 0. The van der Waals surface area contributed by atoms with Crippen LogP contribution in [-0.2, 0) is 19.5 Å². The average molecular weight is 245 g/mol. The topological polar surface area (TPSA) is 49.0 Å². The van der Waals surface area contributed by atoms with Gasteiger partial charge in [-0.15, -0.1) is 0 Å². The van der Waals surface area contributed by atoms with E-state index in [1.54, 1.807) is 6.07 Å². The molecule has 0 saturated heterocycles. The number of likely N-dealkylation sites (N-methyl/N-ethyl adjacent to an activating group) is 1. The van der Waals surface area contributed by atoms with E-state index in [0.29, 0.717) is 12.5 Å². The van der Waals surface area contributed by atoms with Crippen molar-refractivity contribution in [3.63, 3.8) is 0 Å². The summed E-state index contributed by atoms with van der Waals surface area (Å²) in [5.74, 6) is 0.403. The summed E-state index contributed by atoms with van der Waals surface area (Å²) < 4.78 is 1.81. The van der Waals surface area contributed by atoms with Crippen molar-refractivity contribution in [2.75, 3.05) is 13.6 Å². The molecular formula is C14H19N3O. The van der Waals surface area contributed by atoms with Crippen LogP contribution in [0.1, 0.15) is 30.7 Å². The number of fused-ring (bicyclic) bond motifs is 1. The molecule has 0 aromatic carbocycles. The van der Waals surface area contributed by atoms with Crippen molar-refractivity contribution in [1.82, 2.24) is 9.47 Å². The van der Waals surface area contributed by atoms with Gasteiger partial charge in [0, 0.05) is 31.7 Å². The van der Waals surface area contributed by atoms with Crippen molar-refractivity contribution in [2.24, 2.45) is 5.92 Å². The van der Waals surface area contributed by atoms with E-state index in [0.717, 1.165) is 30.8 Å². The Balaban J connectivity index is 2.59. The maximum atomic E-state index is 12.2. The number of pyridine rings is 1. The molecule has 2 heterocycles. The van der Waals surface area contributed by atoms with Crippen LogP contribution in [0.3, 0.4) is 0 Å². The van der Waals surface area contributed by atoms with Gasteiger partial charge in [-0.3, -0.25) is 4.79 Å². The molecule has 1 aromatic rings. The van der Waals surface area contributed by atoms with Crippen molar-refractivity contribution < 1.29 is 0 Å². The van der Waals surface area contributed by atoms with Crippen molar-refractivity contribution >= 4 is 0 Å². The van der Waals surface area contributed by atoms with Gasteiger partial charge >= 0.3 is 0 Å². The van der Waals surface area contributed by atoms with Gasteiger partial charge < -0.3 is 9.47 Å². The summed E-state index contributed by atoms with van der Waals surface area (Å²) in [4.78, 5) is 14.4. The first kappa shape index (κ1) is 12.8. The Morgan fingerprint density at radius 2 is 2.22 bits per heavy atom. The second-order valence-corrected chi connectivity index (χ2v) is 5.44. The Bertz CT molecular complexity index is 551. The first-order chi connectivity index (χ1) is 8.52. The number of aromatic nitrogens is 1. The van der Waals surface area contributed by atoms with E-state index in [1.807, 2.05) is 10.6 Å². The third kappa shape index (κ3) is 2.32. The fourth-order valence-electron chi connectivity index (χ4n) is 2.50. The van der Waals surface area contributed by atoms with Crippen LogP contribution in [0.4, 0.5) is 0 Å². The molecule has 1 aliphatic heterocycles. The van der Waals surface area contributed by atoms with Crippen molar-refractivity contribution in [3.05, 3.63) is 33.2 Å². The molecule has 1 aromatic heterocycles. The molecule has 0 fully saturated rings. The standard InChI is InChI=1S/C14H19N3O/c1-10(2)8-17-13-4-5-16(3)9-12(13)6-11(7-15)14(17)18/h6,10H,4-5,8-9H2,1-3H3. The van der Waals surface area contributed by atoms with Crippen molar-refractivity contribution in [1.29, 1.82) is 5.26 Å². The summed E-state index contributed by atoms with van der Waals surface area (Å²) in [6.07, 6.45) is 0.888. The van der Waals surface area contributed by atoms with E-state index in [-0.39, 0.29) is 11.1 Å². The summed E-state index contributed by atoms with van der Waals surface area (Å²) in [7, 11) is 2.06. The second kappa shape index (κ2) is 4.95. The Labute approximate surface area is 107 Å². The van der Waals surface area contributed by atoms with Gasteiger partial charge in [0.1, 0.15) is 11.6 Å². The van der Waals surface area contributed by atoms with Gasteiger partial charge in [-0.05, 0) is 24.6 Å². The van der Waals surface area contributed by atoms with E-state index in [2.05, 4.69) is 25.8 Å². The molecule has 0 atom stereocenters. The smallest absolute Gasteiger partial charge is 0.268 e. The minimum absolute atomic E-state index is 0.130. The second-order valence-electron chi connectivity index (χ2n) is 5.44. The predicted octanol–water partition coefficient (Wildman–Crippen LogP) is 1.36. The Morgan fingerprint density at radius 1 is 1.50 bits per heavy atom. The highest BCUT2D eigenvalue weighted by atomic mass is 16.1. The minimum Gasteiger partial charge on any atom is -0.311 e. The lowest BCUT2D eigenvalue weighted by molar-refractivity contribution is 0.301. The molecule has 0 N–H and O–H groups in total. The van der Waals surface area contributed by atoms with E-state index in [4.69, 9.17) is 5.26 Å². The van der Waals surface area contributed by atoms with Crippen LogP contribution in [0.15, 0.2) is 10.9 Å². The maximum absolute atomic E-state index is 12.2. The first-order valence-corrected chi connectivity index (χ1v) is 6.37. The fourth-order valence-corrected chi connectivity index (χ4v) is 2.50. The molecule has 4 heteroatoms. The molecule has 2 rings (SSSR count). The van der Waals surface area contributed by atoms with Gasteiger partial charge in [0.25, 0.3) is 5.56 Å². The van der Waals surface area contributed by atoms with Crippen molar-refractivity contribution in [2.45, 2.75) is 33.4 Å². The molecule has 4 nitrogen and oxygen atoms in total. The van der Waals surface area contributed by atoms with Crippen LogP contribution < -0.4 is 5.56 Å². The van der Waals surface area contributed by atoms with Gasteiger partial charge in [0.15, 0.2) is 0 Å². The van der Waals surface area contributed by atoms with E-state index in [9.17, 15) is 4.79 Å². The van der Waals surface area contributed by atoms with Gasteiger partial charge in [-0.25, -0.2) is 0 Å². The SMILES string of the molecule is CC(C)Cn1c2c(cc(C#N)c1=O)CN(C)CC2. The highest BCUT2D eigenvalue weighted by Gasteiger charge is 2.20. The first-order valence-electron chi connectivity index (χ1n) is 6.37. The number of rotatable bonds is 2. The summed E-state index contributed by atoms with van der Waals surface area (Å²) in [5.41, 5.74) is 2.38. The zero-order valence-corrected chi connectivity index (χ0v) is 11.2. The molecule has 1 aliphatic rings. The lowest BCUT2D eigenvalue weighted by atomic mass is 10.0. The molecule has 0 bridgehead atoms. The Kier molecular flexibility index (Phi) is 3.53. The third-order valence-electron chi connectivity index (χ3n) is 3.33. The highest BCUT2D eigenvalue weighted by molar-refractivity contribution is 5.35. The van der Waals surface area contributed by atoms with Crippen molar-refractivity contribution in [3.8, 4) is 6.07 Å². The molecule has 18 heavy (non-hydrogen) atoms. The summed E-state index contributed by atoms with van der Waals surface area (Å²) in [5, 5.41) is 9.07. The van der Waals surface area contributed by atoms with Crippen LogP contribution in [0, 0.1) is 17.2 Å². The van der Waals surface area contributed by atoms with Crippen LogP contribution in [0.2, 0.25) is 0 Å². The Morgan fingerprint density at radius 3 is 2.83 bits per heavy atom. The molecule has 0 radical (unpaired) electrons. The zero-order valence-electron chi connectivity index (χ0n) is 11.2. The van der Waals surface area contributed by atoms with E-state index in [1.165, 1.54) is 0 Å². The number of hydrogen-bond acceptors (Lipinski definition) is 3. The van der Waals surface area contributed by atoms with E-state index < -0.39 is 0 Å². The van der Waals surface area contributed by atoms with Gasteiger partial charge in [0.05, 0.1) is 0 Å². The normalized spacial score (nSPS) is 15.5. The van der Waals surface area contributed by atoms with Crippen LogP contribution in [-0.4, -0.2) is 23.1 Å². The Hall–Kier alpha value is -1.60. The molecule has 0 aliphatic carbocycles. The lowest BCUT2D eigenvalue weighted by Crippen LogP contribution is -2.35. The van der Waals surface area contributed by atoms with Crippen LogP contribution in [0.25, 0.3) is 0 Å². The van der Waals surface area contributed by atoms with Crippen LogP contribution in [0.5, 0.6) is 0 Å².